The maximum absolute atomic E-state index is 12.1. The number of nitrogens with one attached hydrogen (secondary N) is 2. The van der Waals surface area contributed by atoms with Gasteiger partial charge in [0.2, 0.25) is 5.91 Å². The zero-order valence-corrected chi connectivity index (χ0v) is 18.6. The van der Waals surface area contributed by atoms with E-state index in [1.807, 2.05) is 6.92 Å². The molecular weight excluding hydrogens is 488 g/mol. The van der Waals surface area contributed by atoms with Gasteiger partial charge in [0, 0.05) is 20.6 Å². The van der Waals surface area contributed by atoms with E-state index in [4.69, 9.17) is 0 Å². The van der Waals surface area contributed by atoms with E-state index in [9.17, 15) is 18.0 Å². The lowest BCUT2D eigenvalue weighted by atomic mass is 10.1. The van der Waals surface area contributed by atoms with Crippen molar-refractivity contribution < 1.29 is 22.7 Å². The third kappa shape index (κ3) is 12.0. The number of carbonyl (C=O) groups is 1. The van der Waals surface area contributed by atoms with Crippen molar-refractivity contribution in [3.05, 3.63) is 35.4 Å². The minimum Gasteiger partial charge on any atom is -0.367 e. The fraction of sp³-hybridized carbons (Fsp3) is 0.556. The van der Waals surface area contributed by atoms with E-state index in [2.05, 4.69) is 20.4 Å². The molecule has 0 aliphatic carbocycles. The molecule has 1 amide bonds. The average molecular weight is 516 g/mol. The number of likely N-dealkylation sites (N-methyl/N-ethyl adjacent to an activating group) is 1. The molecule has 0 heterocycles. The van der Waals surface area contributed by atoms with Crippen LogP contribution in [0, 0.1) is 0 Å². The number of carbonyl (C=O) groups excluding carboxylic acids is 1. The van der Waals surface area contributed by atoms with Gasteiger partial charge in [-0.05, 0) is 17.5 Å². The van der Waals surface area contributed by atoms with Crippen LogP contribution in [0.2, 0.25) is 0 Å². The van der Waals surface area contributed by atoms with Gasteiger partial charge >= 0.3 is 6.18 Å². The van der Waals surface area contributed by atoms with E-state index in [0.717, 1.165) is 18.5 Å². The molecule has 0 radical (unpaired) electrons. The first-order valence-electron chi connectivity index (χ1n) is 8.66. The lowest BCUT2D eigenvalue weighted by Crippen LogP contribution is -2.43. The van der Waals surface area contributed by atoms with Gasteiger partial charge in [-0.2, -0.15) is 13.2 Å². The van der Waals surface area contributed by atoms with Crippen LogP contribution < -0.4 is 10.6 Å². The van der Waals surface area contributed by atoms with Crippen molar-refractivity contribution in [2.24, 2.45) is 4.99 Å². The molecule has 28 heavy (non-hydrogen) atoms. The van der Waals surface area contributed by atoms with Crippen LogP contribution in [0.1, 0.15) is 24.5 Å². The smallest absolute Gasteiger partial charge is 0.367 e. The van der Waals surface area contributed by atoms with Gasteiger partial charge in [0.15, 0.2) is 5.96 Å². The van der Waals surface area contributed by atoms with Crippen molar-refractivity contribution in [2.75, 3.05) is 33.8 Å². The van der Waals surface area contributed by atoms with E-state index in [-0.39, 0.29) is 43.0 Å². The molecule has 0 fully saturated rings. The largest absolute Gasteiger partial charge is 0.411 e. The third-order valence-corrected chi connectivity index (χ3v) is 3.43. The molecule has 0 atom stereocenters. The molecule has 1 aromatic rings. The van der Waals surface area contributed by atoms with Crippen LogP contribution in [0.4, 0.5) is 13.2 Å². The van der Waals surface area contributed by atoms with Crippen molar-refractivity contribution in [2.45, 2.75) is 32.7 Å². The first-order chi connectivity index (χ1) is 12.7. The molecule has 1 aromatic carbocycles. The predicted octanol–water partition coefficient (Wildman–Crippen LogP) is 2.92. The van der Waals surface area contributed by atoms with E-state index in [1.54, 1.807) is 38.4 Å². The van der Waals surface area contributed by atoms with Gasteiger partial charge in [0.1, 0.15) is 6.61 Å². The lowest BCUT2D eigenvalue weighted by molar-refractivity contribution is -0.176. The second-order valence-corrected chi connectivity index (χ2v) is 6.16. The number of guanidine groups is 1. The fourth-order valence-electron chi connectivity index (χ4n) is 1.93. The van der Waals surface area contributed by atoms with Gasteiger partial charge in [0.25, 0.3) is 0 Å². The number of aliphatic imine (C=N–C) groups is 1. The van der Waals surface area contributed by atoms with Crippen LogP contribution in [0.15, 0.2) is 29.3 Å². The van der Waals surface area contributed by atoms with E-state index >= 15 is 0 Å². The average Bonchev–Trinajstić information content (AvgIpc) is 2.60. The van der Waals surface area contributed by atoms with Crippen LogP contribution in [0.25, 0.3) is 0 Å². The van der Waals surface area contributed by atoms with Crippen molar-refractivity contribution >= 4 is 35.8 Å². The Bertz CT molecular complexity index is 608. The number of benzene rings is 1. The fourth-order valence-corrected chi connectivity index (χ4v) is 1.93. The Hall–Kier alpha value is -1.56. The van der Waals surface area contributed by atoms with Crippen molar-refractivity contribution in [3.8, 4) is 0 Å². The number of hydrogen-bond acceptors (Lipinski definition) is 3. The molecule has 0 aromatic heterocycles. The summed E-state index contributed by atoms with van der Waals surface area (Å²) in [5.74, 6) is 0.467. The maximum Gasteiger partial charge on any atom is 0.411 e. The summed E-state index contributed by atoms with van der Waals surface area (Å²) in [5.41, 5.74) is 1.55. The zero-order valence-electron chi connectivity index (χ0n) is 16.3. The third-order valence-electron chi connectivity index (χ3n) is 3.43. The highest BCUT2D eigenvalue weighted by Gasteiger charge is 2.27. The Balaban J connectivity index is 0.00000729. The predicted molar refractivity (Wildman–Crippen MR) is 114 cm³/mol. The van der Waals surface area contributed by atoms with Gasteiger partial charge < -0.3 is 20.3 Å². The molecule has 0 bridgehead atoms. The first-order valence-corrected chi connectivity index (χ1v) is 8.66. The molecule has 10 heteroatoms. The molecule has 0 aliphatic rings. The topological polar surface area (TPSA) is 66.0 Å². The molecule has 0 unspecified atom stereocenters. The monoisotopic (exact) mass is 516 g/mol. The summed E-state index contributed by atoms with van der Waals surface area (Å²) >= 11 is 0. The summed E-state index contributed by atoms with van der Waals surface area (Å²) in [6.07, 6.45) is -3.41. The number of amides is 1. The second kappa shape index (κ2) is 13.6. The number of rotatable bonds is 9. The minimum atomic E-state index is -4.32. The quantitative estimate of drug-likeness (QED) is 0.301. The number of hydrogen-bond donors (Lipinski definition) is 2. The highest BCUT2D eigenvalue weighted by atomic mass is 127. The minimum absolute atomic E-state index is 0. The summed E-state index contributed by atoms with van der Waals surface area (Å²) in [7, 11) is 3.36. The maximum atomic E-state index is 12.1. The summed E-state index contributed by atoms with van der Waals surface area (Å²) in [5, 5.41) is 6.11. The van der Waals surface area contributed by atoms with Crippen LogP contribution in [-0.4, -0.2) is 56.7 Å². The Morgan fingerprint density at radius 3 is 2.29 bits per heavy atom. The number of ether oxygens (including phenoxy) is 1. The summed E-state index contributed by atoms with van der Waals surface area (Å²) < 4.78 is 40.8. The van der Waals surface area contributed by atoms with Gasteiger partial charge in [-0.25, -0.2) is 4.99 Å². The Kier molecular flexibility index (Phi) is 12.8. The standard InChI is InChI=1S/C18H27F3N4O2.HI/c1-4-9-22-17(24-11-16(26)25(2)3)23-10-14-5-7-15(8-6-14)12-27-13-18(19,20)21;/h5-8H,4,9-13H2,1-3H3,(H2,22,23,24);1H. The molecule has 2 N–H and O–H groups in total. The van der Waals surface area contributed by atoms with Crippen LogP contribution >= 0.6 is 24.0 Å². The van der Waals surface area contributed by atoms with Crippen molar-refractivity contribution in [3.63, 3.8) is 0 Å². The number of alkyl halides is 3. The van der Waals surface area contributed by atoms with Gasteiger partial charge in [-0.15, -0.1) is 24.0 Å². The molecule has 160 valence electrons. The second-order valence-electron chi connectivity index (χ2n) is 6.16. The molecule has 0 saturated heterocycles. The molecule has 0 aliphatic heterocycles. The highest BCUT2D eigenvalue weighted by molar-refractivity contribution is 14.0. The molecular formula is C18H28F3IN4O2. The summed E-state index contributed by atoms with van der Waals surface area (Å²) in [6, 6.07) is 7.00. The van der Waals surface area contributed by atoms with Crippen LogP contribution in [-0.2, 0) is 22.7 Å². The van der Waals surface area contributed by atoms with E-state index < -0.39 is 12.8 Å². The zero-order chi connectivity index (χ0) is 20.3. The van der Waals surface area contributed by atoms with E-state index in [1.165, 1.54) is 4.90 Å². The van der Waals surface area contributed by atoms with Crippen LogP contribution in [0.5, 0.6) is 0 Å². The Morgan fingerprint density at radius 1 is 1.14 bits per heavy atom. The first kappa shape index (κ1) is 26.4. The summed E-state index contributed by atoms with van der Waals surface area (Å²) in [4.78, 5) is 17.6. The molecule has 1 rings (SSSR count). The Labute approximate surface area is 180 Å². The number of halogens is 4. The van der Waals surface area contributed by atoms with Crippen molar-refractivity contribution in [1.29, 1.82) is 0 Å². The van der Waals surface area contributed by atoms with Crippen molar-refractivity contribution in [1.82, 2.24) is 15.5 Å². The van der Waals surface area contributed by atoms with Gasteiger partial charge in [-0.3, -0.25) is 4.79 Å². The highest BCUT2D eigenvalue weighted by Crippen LogP contribution is 2.16. The normalized spacial score (nSPS) is 11.6. The summed E-state index contributed by atoms with van der Waals surface area (Å²) in [6.45, 7) is 1.90. The van der Waals surface area contributed by atoms with Gasteiger partial charge in [0.05, 0.1) is 19.7 Å². The Morgan fingerprint density at radius 2 is 1.75 bits per heavy atom. The SMILES string of the molecule is CCCNC(=NCc1ccc(COCC(F)(F)F)cc1)NCC(=O)N(C)C.I. The molecule has 0 saturated carbocycles. The number of nitrogens with zero attached hydrogens (tertiary/aromatic N) is 2. The molecule has 0 spiro atoms. The van der Waals surface area contributed by atoms with Gasteiger partial charge in [-0.1, -0.05) is 31.2 Å². The van der Waals surface area contributed by atoms with Crippen LogP contribution in [0.3, 0.4) is 0 Å². The molecule has 6 nitrogen and oxygen atoms in total. The lowest BCUT2D eigenvalue weighted by Gasteiger charge is -2.14. The van der Waals surface area contributed by atoms with E-state index in [0.29, 0.717) is 18.1 Å².